The van der Waals surface area contributed by atoms with Crippen LogP contribution in [0.4, 0.5) is 0 Å². The summed E-state index contributed by atoms with van der Waals surface area (Å²) in [6.07, 6.45) is 5.59. The summed E-state index contributed by atoms with van der Waals surface area (Å²) in [5, 5.41) is 0. The van der Waals surface area contributed by atoms with E-state index >= 15 is 0 Å². The largest absolute Gasteiger partial charge is 0.469 e. The highest BCUT2D eigenvalue weighted by atomic mass is 16.5. The molecular formula is C12H21NO2. The lowest BCUT2D eigenvalue weighted by Gasteiger charge is -2.51. The van der Waals surface area contributed by atoms with Crippen LogP contribution in [0.3, 0.4) is 0 Å². The molecule has 1 aliphatic carbocycles. The molecular weight excluding hydrogens is 190 g/mol. The van der Waals surface area contributed by atoms with E-state index in [1.165, 1.54) is 26.4 Å². The van der Waals surface area contributed by atoms with Crippen molar-refractivity contribution in [3.8, 4) is 0 Å². The molecule has 0 aromatic carbocycles. The number of nitrogens with zero attached hydrogens (tertiary/aromatic N) is 1. The van der Waals surface area contributed by atoms with Crippen LogP contribution in [0.2, 0.25) is 0 Å². The van der Waals surface area contributed by atoms with Crippen molar-refractivity contribution < 1.29 is 9.53 Å². The van der Waals surface area contributed by atoms with Gasteiger partial charge in [-0.1, -0.05) is 6.92 Å². The summed E-state index contributed by atoms with van der Waals surface area (Å²) in [4.78, 5) is 14.3. The fourth-order valence-corrected chi connectivity index (χ4v) is 3.23. The van der Waals surface area contributed by atoms with Crippen LogP contribution in [0.15, 0.2) is 0 Å². The highest BCUT2D eigenvalue weighted by Crippen LogP contribution is 2.45. The zero-order chi connectivity index (χ0) is 10.9. The van der Waals surface area contributed by atoms with E-state index in [4.69, 9.17) is 4.74 Å². The van der Waals surface area contributed by atoms with Crippen molar-refractivity contribution in [2.75, 3.05) is 20.2 Å². The Kier molecular flexibility index (Phi) is 3.01. The van der Waals surface area contributed by atoms with Crippen molar-refractivity contribution in [2.45, 2.75) is 45.1 Å². The van der Waals surface area contributed by atoms with E-state index in [-0.39, 0.29) is 11.4 Å². The van der Waals surface area contributed by atoms with E-state index in [2.05, 4.69) is 11.8 Å². The van der Waals surface area contributed by atoms with Crippen molar-refractivity contribution >= 4 is 5.97 Å². The molecule has 3 nitrogen and oxygen atoms in total. The van der Waals surface area contributed by atoms with Crippen LogP contribution in [-0.4, -0.2) is 37.1 Å². The first-order valence-electron chi connectivity index (χ1n) is 6.04. The molecule has 3 heteroatoms. The Labute approximate surface area is 91.8 Å². The minimum Gasteiger partial charge on any atom is -0.469 e. The molecule has 2 saturated heterocycles. The molecule has 0 unspecified atom stereocenters. The molecule has 0 amide bonds. The number of piperidine rings is 2. The minimum atomic E-state index is -0.168. The Morgan fingerprint density at radius 1 is 1.47 bits per heavy atom. The molecule has 2 heterocycles. The van der Waals surface area contributed by atoms with Gasteiger partial charge in [0, 0.05) is 12.6 Å². The van der Waals surface area contributed by atoms with E-state index in [1.54, 1.807) is 0 Å². The maximum atomic E-state index is 11.8. The topological polar surface area (TPSA) is 29.5 Å². The lowest BCUT2D eigenvalue weighted by atomic mass is 9.67. The smallest absolute Gasteiger partial charge is 0.313 e. The van der Waals surface area contributed by atoms with E-state index in [0.717, 1.165) is 32.0 Å². The summed E-state index contributed by atoms with van der Waals surface area (Å²) in [5.41, 5.74) is -0.168. The summed E-state index contributed by atoms with van der Waals surface area (Å²) in [5.74, 6) is 0.0155. The van der Waals surface area contributed by atoms with E-state index in [0.29, 0.717) is 0 Å². The number of esters is 1. The first-order chi connectivity index (χ1) is 7.22. The second-order valence-electron chi connectivity index (χ2n) is 4.97. The number of carbonyl (C=O) groups is 1. The molecule has 0 aromatic rings. The minimum absolute atomic E-state index is 0.0155. The molecule has 0 aromatic heterocycles. The second kappa shape index (κ2) is 4.12. The summed E-state index contributed by atoms with van der Waals surface area (Å²) in [6.45, 7) is 4.26. The Morgan fingerprint density at radius 3 is 2.67 bits per heavy atom. The van der Waals surface area contributed by atoms with Gasteiger partial charge < -0.3 is 4.74 Å². The van der Waals surface area contributed by atoms with Crippen molar-refractivity contribution in [1.29, 1.82) is 0 Å². The summed E-state index contributed by atoms with van der Waals surface area (Å²) >= 11 is 0. The number of hydrogen-bond donors (Lipinski definition) is 0. The predicted octanol–water partition coefficient (Wildman–Crippen LogP) is 1.81. The lowest BCUT2D eigenvalue weighted by molar-refractivity contribution is -0.163. The van der Waals surface area contributed by atoms with Crippen LogP contribution in [0.1, 0.15) is 39.0 Å². The number of fused-ring (bicyclic) bond motifs is 3. The van der Waals surface area contributed by atoms with Gasteiger partial charge in [0.25, 0.3) is 0 Å². The quantitative estimate of drug-likeness (QED) is 0.667. The third-order valence-corrected chi connectivity index (χ3v) is 4.06. The Balaban J connectivity index is 2.10. The number of ether oxygens (including phenoxy) is 1. The third-order valence-electron chi connectivity index (χ3n) is 4.06. The van der Waals surface area contributed by atoms with Crippen LogP contribution in [0.5, 0.6) is 0 Å². The average Bonchev–Trinajstić information content (AvgIpc) is 2.30. The van der Waals surface area contributed by atoms with Gasteiger partial charge in [0.05, 0.1) is 12.5 Å². The van der Waals surface area contributed by atoms with E-state index in [9.17, 15) is 4.79 Å². The van der Waals surface area contributed by atoms with Crippen LogP contribution < -0.4 is 0 Å². The van der Waals surface area contributed by atoms with Gasteiger partial charge in [-0.3, -0.25) is 9.69 Å². The zero-order valence-corrected chi connectivity index (χ0v) is 9.79. The first-order valence-corrected chi connectivity index (χ1v) is 6.04. The maximum Gasteiger partial charge on any atom is 0.313 e. The molecule has 0 radical (unpaired) electrons. The normalized spacial score (nSPS) is 35.5. The highest BCUT2D eigenvalue weighted by molar-refractivity contribution is 5.77. The van der Waals surface area contributed by atoms with Crippen molar-refractivity contribution in [3.63, 3.8) is 0 Å². The monoisotopic (exact) mass is 211 g/mol. The number of carbonyl (C=O) groups excluding carboxylic acids is 1. The fraction of sp³-hybridized carbons (Fsp3) is 0.917. The van der Waals surface area contributed by atoms with Crippen LogP contribution in [0, 0.1) is 5.41 Å². The van der Waals surface area contributed by atoms with Crippen molar-refractivity contribution in [2.24, 2.45) is 5.41 Å². The SMILES string of the molecule is CCCN1CC2(C(=O)OC)CCC1CC2. The van der Waals surface area contributed by atoms with Crippen molar-refractivity contribution in [3.05, 3.63) is 0 Å². The van der Waals surface area contributed by atoms with Gasteiger partial charge in [0.1, 0.15) is 0 Å². The molecule has 3 rings (SSSR count). The van der Waals surface area contributed by atoms with E-state index in [1.807, 2.05) is 0 Å². The summed E-state index contributed by atoms with van der Waals surface area (Å²) in [7, 11) is 1.52. The molecule has 2 aliphatic heterocycles. The highest BCUT2D eigenvalue weighted by Gasteiger charge is 2.49. The lowest BCUT2D eigenvalue weighted by Crippen LogP contribution is -2.57. The van der Waals surface area contributed by atoms with Crippen LogP contribution >= 0.6 is 0 Å². The first kappa shape index (κ1) is 10.9. The molecule has 0 spiro atoms. The zero-order valence-electron chi connectivity index (χ0n) is 9.79. The van der Waals surface area contributed by atoms with Gasteiger partial charge in [-0.15, -0.1) is 0 Å². The van der Waals surface area contributed by atoms with Gasteiger partial charge >= 0.3 is 5.97 Å². The van der Waals surface area contributed by atoms with Crippen LogP contribution in [0.25, 0.3) is 0 Å². The second-order valence-corrected chi connectivity index (χ2v) is 4.97. The average molecular weight is 211 g/mol. The molecule has 2 bridgehead atoms. The number of rotatable bonds is 3. The predicted molar refractivity (Wildman–Crippen MR) is 58.6 cm³/mol. The number of hydrogen-bond acceptors (Lipinski definition) is 3. The Bertz CT molecular complexity index is 244. The van der Waals surface area contributed by atoms with Gasteiger partial charge in [-0.25, -0.2) is 0 Å². The molecule has 1 saturated carbocycles. The Hall–Kier alpha value is -0.570. The maximum absolute atomic E-state index is 11.8. The molecule has 3 fully saturated rings. The van der Waals surface area contributed by atoms with Gasteiger partial charge in [-0.05, 0) is 38.6 Å². The molecule has 0 atom stereocenters. The molecule has 86 valence electrons. The van der Waals surface area contributed by atoms with Gasteiger partial charge in [-0.2, -0.15) is 0 Å². The third kappa shape index (κ3) is 1.78. The molecule has 15 heavy (non-hydrogen) atoms. The van der Waals surface area contributed by atoms with Crippen LogP contribution in [-0.2, 0) is 9.53 Å². The molecule has 3 aliphatic rings. The Morgan fingerprint density at radius 2 is 2.13 bits per heavy atom. The van der Waals surface area contributed by atoms with Gasteiger partial charge in [0.2, 0.25) is 0 Å². The van der Waals surface area contributed by atoms with Crippen molar-refractivity contribution in [1.82, 2.24) is 4.90 Å². The van der Waals surface area contributed by atoms with E-state index < -0.39 is 0 Å². The summed E-state index contributed by atoms with van der Waals surface area (Å²) < 4.78 is 4.97. The molecule has 0 N–H and O–H groups in total. The van der Waals surface area contributed by atoms with Gasteiger partial charge in [0.15, 0.2) is 0 Å². The standard InChI is InChI=1S/C12H21NO2/c1-3-8-13-9-12(11(14)15-2)6-4-10(13)5-7-12/h10H,3-9H2,1-2H3. The fourth-order valence-electron chi connectivity index (χ4n) is 3.23. The summed E-state index contributed by atoms with van der Waals surface area (Å²) in [6, 6.07) is 0.733. The number of methoxy groups -OCH3 is 1.